The summed E-state index contributed by atoms with van der Waals surface area (Å²) < 4.78 is 0. The third-order valence-electron chi connectivity index (χ3n) is 2.39. The lowest BCUT2D eigenvalue weighted by molar-refractivity contribution is -0.385. The number of hydrogen-bond acceptors (Lipinski definition) is 5. The van der Waals surface area contributed by atoms with Crippen LogP contribution >= 0.6 is 0 Å². The van der Waals surface area contributed by atoms with E-state index in [9.17, 15) is 14.9 Å². The quantitative estimate of drug-likeness (QED) is 0.383. The molecule has 1 aromatic carbocycles. The number of nitro groups is 1. The van der Waals surface area contributed by atoms with Gasteiger partial charge in [0.05, 0.1) is 4.92 Å². The summed E-state index contributed by atoms with van der Waals surface area (Å²) in [5, 5.41) is 10.9. The number of nitrogens with zero attached hydrogens (tertiary/aromatic N) is 2. The molecule has 1 aromatic heterocycles. The van der Waals surface area contributed by atoms with Gasteiger partial charge in [-0.25, -0.2) is 0 Å². The van der Waals surface area contributed by atoms with E-state index in [1.165, 1.54) is 30.6 Å². The maximum atomic E-state index is 12.1. The fourth-order valence-corrected chi connectivity index (χ4v) is 1.54. The van der Waals surface area contributed by atoms with Gasteiger partial charge in [0.25, 0.3) is 5.69 Å². The third kappa shape index (κ3) is 2.17. The second-order valence-corrected chi connectivity index (χ2v) is 3.60. The predicted molar refractivity (Wildman–Crippen MR) is 65.2 cm³/mol. The molecular weight excluding hydrogens is 234 g/mol. The summed E-state index contributed by atoms with van der Waals surface area (Å²) in [7, 11) is 0. The minimum atomic E-state index is -0.625. The fourth-order valence-electron chi connectivity index (χ4n) is 1.54. The van der Waals surface area contributed by atoms with Crippen molar-refractivity contribution in [1.82, 2.24) is 4.98 Å². The molecule has 0 amide bonds. The Balaban J connectivity index is 2.52. The lowest BCUT2D eigenvalue weighted by Crippen LogP contribution is -2.06. The molecular formula is C12H9N3O3. The Kier molecular flexibility index (Phi) is 3.01. The summed E-state index contributed by atoms with van der Waals surface area (Å²) >= 11 is 0. The Hall–Kier alpha value is -2.76. The number of carbonyl (C=O) groups is 1. The SMILES string of the molecule is Nc1ccc(C(=O)c2cccnc2)c([N+](=O)[O-])c1. The number of nitro benzene ring substituents is 1. The summed E-state index contributed by atoms with van der Waals surface area (Å²) in [6, 6.07) is 7.12. The van der Waals surface area contributed by atoms with E-state index in [4.69, 9.17) is 5.73 Å². The van der Waals surface area contributed by atoms with E-state index in [1.54, 1.807) is 12.1 Å². The summed E-state index contributed by atoms with van der Waals surface area (Å²) in [5.41, 5.74) is 5.71. The zero-order valence-electron chi connectivity index (χ0n) is 9.24. The van der Waals surface area contributed by atoms with Gasteiger partial charge in [-0.2, -0.15) is 0 Å². The molecule has 0 atom stereocenters. The van der Waals surface area contributed by atoms with E-state index in [2.05, 4.69) is 4.98 Å². The third-order valence-corrected chi connectivity index (χ3v) is 2.39. The van der Waals surface area contributed by atoms with Crippen molar-refractivity contribution in [2.24, 2.45) is 0 Å². The molecule has 2 N–H and O–H groups in total. The van der Waals surface area contributed by atoms with Crippen molar-refractivity contribution in [3.63, 3.8) is 0 Å². The maximum absolute atomic E-state index is 12.1. The molecule has 90 valence electrons. The molecule has 0 radical (unpaired) electrons. The summed E-state index contributed by atoms with van der Waals surface area (Å²) in [6.07, 6.45) is 2.89. The fraction of sp³-hybridized carbons (Fsp3) is 0. The van der Waals surface area contributed by atoms with Gasteiger partial charge in [-0.3, -0.25) is 19.9 Å². The molecule has 0 aliphatic heterocycles. The predicted octanol–water partition coefficient (Wildman–Crippen LogP) is 1.80. The van der Waals surface area contributed by atoms with E-state index in [0.717, 1.165) is 0 Å². The van der Waals surface area contributed by atoms with Crippen molar-refractivity contribution < 1.29 is 9.72 Å². The molecule has 0 saturated carbocycles. The van der Waals surface area contributed by atoms with Gasteiger partial charge < -0.3 is 5.73 Å². The second-order valence-electron chi connectivity index (χ2n) is 3.60. The lowest BCUT2D eigenvalue weighted by atomic mass is 10.0. The first-order valence-electron chi connectivity index (χ1n) is 5.08. The van der Waals surface area contributed by atoms with E-state index >= 15 is 0 Å². The van der Waals surface area contributed by atoms with Crippen molar-refractivity contribution >= 4 is 17.2 Å². The Bertz CT molecular complexity index is 611. The van der Waals surface area contributed by atoms with Crippen LogP contribution in [0, 0.1) is 10.1 Å². The minimum Gasteiger partial charge on any atom is -0.399 e. The average Bonchev–Trinajstić information content (AvgIpc) is 2.39. The Morgan fingerprint density at radius 1 is 1.33 bits per heavy atom. The molecule has 0 fully saturated rings. The number of carbonyl (C=O) groups excluding carboxylic acids is 1. The minimum absolute atomic E-state index is 0.00204. The molecule has 0 bridgehead atoms. The number of benzene rings is 1. The van der Waals surface area contributed by atoms with Crippen LogP contribution in [-0.2, 0) is 0 Å². The van der Waals surface area contributed by atoms with E-state index in [0.29, 0.717) is 5.56 Å². The van der Waals surface area contributed by atoms with Gasteiger partial charge >= 0.3 is 0 Å². The van der Waals surface area contributed by atoms with Crippen LogP contribution in [0.25, 0.3) is 0 Å². The Morgan fingerprint density at radius 2 is 2.11 bits per heavy atom. The molecule has 6 heteroatoms. The van der Waals surface area contributed by atoms with Crippen LogP contribution < -0.4 is 5.73 Å². The normalized spacial score (nSPS) is 10.0. The van der Waals surface area contributed by atoms with E-state index in [1.807, 2.05) is 0 Å². The average molecular weight is 243 g/mol. The van der Waals surface area contributed by atoms with E-state index < -0.39 is 10.7 Å². The van der Waals surface area contributed by atoms with E-state index in [-0.39, 0.29) is 16.9 Å². The number of hydrogen-bond donors (Lipinski definition) is 1. The van der Waals surface area contributed by atoms with Crippen molar-refractivity contribution in [1.29, 1.82) is 0 Å². The lowest BCUT2D eigenvalue weighted by Gasteiger charge is -2.03. The van der Waals surface area contributed by atoms with Crippen molar-refractivity contribution in [3.05, 3.63) is 64.0 Å². The van der Waals surface area contributed by atoms with Crippen LogP contribution in [0.3, 0.4) is 0 Å². The van der Waals surface area contributed by atoms with Gasteiger partial charge in [0, 0.05) is 29.7 Å². The highest BCUT2D eigenvalue weighted by atomic mass is 16.6. The number of nitrogen functional groups attached to an aromatic ring is 1. The Morgan fingerprint density at radius 3 is 2.72 bits per heavy atom. The van der Waals surface area contributed by atoms with Gasteiger partial charge in [-0.1, -0.05) is 0 Å². The van der Waals surface area contributed by atoms with Crippen molar-refractivity contribution in [2.75, 3.05) is 5.73 Å². The van der Waals surface area contributed by atoms with Crippen LogP contribution in [0.5, 0.6) is 0 Å². The van der Waals surface area contributed by atoms with Crippen LogP contribution in [0.4, 0.5) is 11.4 Å². The van der Waals surface area contributed by atoms with Crippen LogP contribution in [0.15, 0.2) is 42.7 Å². The summed E-state index contributed by atoms with van der Waals surface area (Å²) in [6.45, 7) is 0. The molecule has 6 nitrogen and oxygen atoms in total. The van der Waals surface area contributed by atoms with Crippen LogP contribution in [0.2, 0.25) is 0 Å². The number of nitrogens with two attached hydrogens (primary N) is 1. The molecule has 2 aromatic rings. The number of pyridine rings is 1. The summed E-state index contributed by atoms with van der Waals surface area (Å²) in [4.78, 5) is 26.2. The number of anilines is 1. The monoisotopic (exact) mass is 243 g/mol. The zero-order valence-corrected chi connectivity index (χ0v) is 9.24. The highest BCUT2D eigenvalue weighted by Crippen LogP contribution is 2.24. The zero-order chi connectivity index (χ0) is 13.1. The highest BCUT2D eigenvalue weighted by Gasteiger charge is 2.21. The smallest absolute Gasteiger partial charge is 0.282 e. The number of rotatable bonds is 3. The topological polar surface area (TPSA) is 99.1 Å². The molecule has 0 saturated heterocycles. The molecule has 18 heavy (non-hydrogen) atoms. The Labute approximate surface area is 102 Å². The van der Waals surface area contributed by atoms with Crippen molar-refractivity contribution in [2.45, 2.75) is 0 Å². The maximum Gasteiger partial charge on any atom is 0.282 e. The molecule has 0 spiro atoms. The van der Waals surface area contributed by atoms with Gasteiger partial charge in [-0.15, -0.1) is 0 Å². The molecule has 2 rings (SSSR count). The largest absolute Gasteiger partial charge is 0.399 e. The first-order chi connectivity index (χ1) is 8.59. The van der Waals surface area contributed by atoms with Gasteiger partial charge in [0.15, 0.2) is 0 Å². The molecule has 0 aliphatic carbocycles. The number of ketones is 1. The van der Waals surface area contributed by atoms with Gasteiger partial charge in [-0.05, 0) is 24.3 Å². The molecule has 0 unspecified atom stereocenters. The second kappa shape index (κ2) is 4.62. The molecule has 1 heterocycles. The first kappa shape index (κ1) is 11.7. The van der Waals surface area contributed by atoms with Crippen molar-refractivity contribution in [3.8, 4) is 0 Å². The van der Waals surface area contributed by atoms with Crippen LogP contribution in [0.1, 0.15) is 15.9 Å². The summed E-state index contributed by atoms with van der Waals surface area (Å²) in [5.74, 6) is -0.449. The number of aromatic nitrogens is 1. The van der Waals surface area contributed by atoms with Crippen LogP contribution in [-0.4, -0.2) is 15.7 Å². The highest BCUT2D eigenvalue weighted by molar-refractivity contribution is 6.11. The first-order valence-corrected chi connectivity index (χ1v) is 5.08. The van der Waals surface area contributed by atoms with Gasteiger partial charge in [0.1, 0.15) is 5.56 Å². The van der Waals surface area contributed by atoms with Gasteiger partial charge in [0.2, 0.25) is 5.78 Å². The standard InChI is InChI=1S/C12H9N3O3/c13-9-3-4-10(11(6-9)15(17)18)12(16)8-2-1-5-14-7-8/h1-7H,13H2. The molecule has 0 aliphatic rings.